The van der Waals surface area contributed by atoms with E-state index in [9.17, 15) is 9.59 Å². The van der Waals surface area contributed by atoms with Gasteiger partial charge >= 0.3 is 5.97 Å². The van der Waals surface area contributed by atoms with Gasteiger partial charge in [-0.25, -0.2) is 4.79 Å². The summed E-state index contributed by atoms with van der Waals surface area (Å²) in [4.78, 5) is 22.6. The highest BCUT2D eigenvalue weighted by molar-refractivity contribution is 5.86. The van der Waals surface area contributed by atoms with Gasteiger partial charge in [0.05, 0.1) is 6.61 Å². The summed E-state index contributed by atoms with van der Waals surface area (Å²) < 4.78 is 10.0. The molecule has 0 unspecified atom stereocenters. The maximum atomic E-state index is 11.6. The van der Waals surface area contributed by atoms with Crippen LogP contribution in [-0.4, -0.2) is 31.1 Å². The molecule has 0 spiro atoms. The lowest BCUT2D eigenvalue weighted by Gasteiger charge is -2.21. The van der Waals surface area contributed by atoms with Crippen LogP contribution in [0.15, 0.2) is 30.3 Å². The van der Waals surface area contributed by atoms with E-state index in [0.717, 1.165) is 5.56 Å². The van der Waals surface area contributed by atoms with Crippen LogP contribution in [0.2, 0.25) is 0 Å². The summed E-state index contributed by atoms with van der Waals surface area (Å²) in [6.07, 6.45) is 0. The van der Waals surface area contributed by atoms with E-state index in [0.29, 0.717) is 0 Å². The molecule has 1 saturated heterocycles. The Hall–Kier alpha value is -1.88. The van der Waals surface area contributed by atoms with Crippen molar-refractivity contribution < 1.29 is 19.1 Å². The Morgan fingerprint density at radius 3 is 2.88 bits per heavy atom. The maximum Gasteiger partial charge on any atom is 0.331 e. The molecule has 5 heteroatoms. The highest BCUT2D eigenvalue weighted by atomic mass is 16.5. The smallest absolute Gasteiger partial charge is 0.331 e. The van der Waals surface area contributed by atoms with Crippen molar-refractivity contribution in [2.45, 2.75) is 12.6 Å². The van der Waals surface area contributed by atoms with E-state index in [-0.39, 0.29) is 25.7 Å². The fourth-order valence-corrected chi connectivity index (χ4v) is 1.50. The molecule has 1 heterocycles. The first-order chi connectivity index (χ1) is 8.25. The van der Waals surface area contributed by atoms with E-state index < -0.39 is 12.0 Å². The lowest BCUT2D eigenvalue weighted by atomic mass is 10.2. The highest BCUT2D eigenvalue weighted by Gasteiger charge is 2.26. The van der Waals surface area contributed by atoms with Crippen molar-refractivity contribution in [2.24, 2.45) is 0 Å². The third kappa shape index (κ3) is 3.29. The van der Waals surface area contributed by atoms with Crippen LogP contribution in [0, 0.1) is 0 Å². The largest absolute Gasteiger partial charge is 0.459 e. The van der Waals surface area contributed by atoms with Gasteiger partial charge in [0.1, 0.15) is 13.2 Å². The molecule has 90 valence electrons. The number of ether oxygens (including phenoxy) is 2. The molecule has 1 amide bonds. The Morgan fingerprint density at radius 2 is 2.18 bits per heavy atom. The predicted molar refractivity (Wildman–Crippen MR) is 59.0 cm³/mol. The summed E-state index contributed by atoms with van der Waals surface area (Å²) in [6.45, 7) is 0.369. The van der Waals surface area contributed by atoms with E-state index in [4.69, 9.17) is 9.47 Å². The van der Waals surface area contributed by atoms with Crippen molar-refractivity contribution in [1.29, 1.82) is 0 Å². The minimum atomic E-state index is -0.694. The van der Waals surface area contributed by atoms with E-state index in [2.05, 4.69) is 5.32 Å². The second kappa shape index (κ2) is 5.45. The molecular weight excluding hydrogens is 222 g/mol. The molecule has 1 aliphatic rings. The van der Waals surface area contributed by atoms with E-state index in [1.165, 1.54) is 0 Å². The van der Waals surface area contributed by atoms with Gasteiger partial charge in [0.25, 0.3) is 0 Å². The Kier molecular flexibility index (Phi) is 3.72. The summed E-state index contributed by atoms with van der Waals surface area (Å²) in [5.41, 5.74) is 0.906. The van der Waals surface area contributed by atoms with Crippen LogP contribution >= 0.6 is 0 Å². The van der Waals surface area contributed by atoms with E-state index >= 15 is 0 Å². The monoisotopic (exact) mass is 235 g/mol. The van der Waals surface area contributed by atoms with E-state index in [1.54, 1.807) is 0 Å². The van der Waals surface area contributed by atoms with Gasteiger partial charge in [0, 0.05) is 0 Å². The first-order valence-corrected chi connectivity index (χ1v) is 5.33. The molecule has 1 fully saturated rings. The molecule has 1 N–H and O–H groups in total. The van der Waals surface area contributed by atoms with Crippen molar-refractivity contribution in [3.05, 3.63) is 35.9 Å². The number of hydrogen-bond donors (Lipinski definition) is 1. The summed E-state index contributed by atoms with van der Waals surface area (Å²) in [7, 11) is 0. The van der Waals surface area contributed by atoms with Crippen molar-refractivity contribution >= 4 is 11.9 Å². The first-order valence-electron chi connectivity index (χ1n) is 5.33. The summed E-state index contributed by atoms with van der Waals surface area (Å²) >= 11 is 0. The van der Waals surface area contributed by atoms with Gasteiger partial charge in [-0.15, -0.1) is 0 Å². The third-order valence-electron chi connectivity index (χ3n) is 2.36. The van der Waals surface area contributed by atoms with Crippen LogP contribution in [0.25, 0.3) is 0 Å². The van der Waals surface area contributed by atoms with Crippen molar-refractivity contribution in [3.8, 4) is 0 Å². The van der Waals surface area contributed by atoms with E-state index in [1.807, 2.05) is 30.3 Å². The van der Waals surface area contributed by atoms with Crippen molar-refractivity contribution in [2.75, 3.05) is 13.2 Å². The Labute approximate surface area is 98.7 Å². The fraction of sp³-hybridized carbons (Fsp3) is 0.333. The number of esters is 1. The van der Waals surface area contributed by atoms with Gasteiger partial charge < -0.3 is 14.8 Å². The fourth-order valence-electron chi connectivity index (χ4n) is 1.50. The number of rotatable bonds is 3. The highest BCUT2D eigenvalue weighted by Crippen LogP contribution is 2.03. The first kappa shape index (κ1) is 11.6. The van der Waals surface area contributed by atoms with Crippen LogP contribution in [-0.2, 0) is 25.7 Å². The van der Waals surface area contributed by atoms with Gasteiger partial charge in [-0.1, -0.05) is 30.3 Å². The molecule has 17 heavy (non-hydrogen) atoms. The summed E-state index contributed by atoms with van der Waals surface area (Å²) in [5.74, 6) is -0.764. The molecule has 0 aliphatic carbocycles. The van der Waals surface area contributed by atoms with Gasteiger partial charge in [-0.3, -0.25) is 4.79 Å². The van der Waals surface area contributed by atoms with Crippen LogP contribution < -0.4 is 5.32 Å². The zero-order valence-corrected chi connectivity index (χ0v) is 9.22. The second-order valence-electron chi connectivity index (χ2n) is 3.73. The molecule has 1 aromatic rings. The maximum absolute atomic E-state index is 11.6. The average molecular weight is 235 g/mol. The third-order valence-corrected chi connectivity index (χ3v) is 2.36. The number of nitrogens with one attached hydrogen (secondary N) is 1. The second-order valence-corrected chi connectivity index (χ2v) is 3.73. The molecule has 0 bridgehead atoms. The van der Waals surface area contributed by atoms with Crippen LogP contribution in [0.1, 0.15) is 5.56 Å². The Balaban J connectivity index is 1.83. The standard InChI is InChI=1S/C12H13NO4/c14-11-8-16-7-10(13-11)12(15)17-6-9-4-2-1-3-5-9/h1-5,10H,6-8H2,(H,13,14)/t10-/m0/s1. The molecule has 5 nitrogen and oxygen atoms in total. The molecule has 0 aromatic heterocycles. The number of hydrogen-bond acceptors (Lipinski definition) is 4. The lowest BCUT2D eigenvalue weighted by molar-refractivity contribution is -0.154. The molecule has 0 radical (unpaired) electrons. The molecule has 1 aliphatic heterocycles. The van der Waals surface area contributed by atoms with Gasteiger partial charge in [0.15, 0.2) is 6.04 Å². The molecular formula is C12H13NO4. The quantitative estimate of drug-likeness (QED) is 0.762. The van der Waals surface area contributed by atoms with Crippen LogP contribution in [0.3, 0.4) is 0 Å². The zero-order chi connectivity index (χ0) is 12.1. The van der Waals surface area contributed by atoms with Crippen molar-refractivity contribution in [3.63, 3.8) is 0 Å². The zero-order valence-electron chi connectivity index (χ0n) is 9.22. The lowest BCUT2D eigenvalue weighted by Crippen LogP contribution is -2.50. The van der Waals surface area contributed by atoms with Crippen LogP contribution in [0.5, 0.6) is 0 Å². The predicted octanol–water partition coefficient (Wildman–Crippen LogP) is 0.245. The van der Waals surface area contributed by atoms with Gasteiger partial charge in [-0.05, 0) is 5.56 Å². The molecule has 1 aromatic carbocycles. The minimum absolute atomic E-state index is 0.00245. The number of morpholine rings is 1. The van der Waals surface area contributed by atoms with Gasteiger partial charge in [0.2, 0.25) is 5.91 Å². The topological polar surface area (TPSA) is 64.6 Å². The Morgan fingerprint density at radius 1 is 1.41 bits per heavy atom. The molecule has 0 saturated carbocycles. The van der Waals surface area contributed by atoms with Crippen LogP contribution in [0.4, 0.5) is 0 Å². The minimum Gasteiger partial charge on any atom is -0.459 e. The summed E-state index contributed by atoms with van der Waals surface area (Å²) in [6, 6.07) is 8.66. The summed E-state index contributed by atoms with van der Waals surface area (Å²) in [5, 5.41) is 2.51. The van der Waals surface area contributed by atoms with Crippen molar-refractivity contribution in [1.82, 2.24) is 5.32 Å². The molecule has 1 atom stereocenters. The van der Waals surface area contributed by atoms with Gasteiger partial charge in [-0.2, -0.15) is 0 Å². The number of carbonyl (C=O) groups excluding carboxylic acids is 2. The Bertz CT molecular complexity index is 404. The average Bonchev–Trinajstić information content (AvgIpc) is 2.37. The molecule has 2 rings (SSSR count). The number of amides is 1. The number of carbonyl (C=O) groups is 2. The normalized spacial score (nSPS) is 19.5. The number of benzene rings is 1. The SMILES string of the molecule is O=C1COC[C@@H](C(=O)OCc2ccccc2)N1.